The lowest BCUT2D eigenvalue weighted by Crippen LogP contribution is -2.47. The average molecular weight is 434 g/mol. The molecule has 1 aromatic rings. The Morgan fingerprint density at radius 1 is 1.13 bits per heavy atom. The molecule has 2 heterocycles. The number of carbonyl (C=O) groups is 2. The number of carbonyl (C=O) groups excluding carboxylic acids is 2. The summed E-state index contributed by atoms with van der Waals surface area (Å²) < 4.78 is 28.2. The summed E-state index contributed by atoms with van der Waals surface area (Å²) in [5.74, 6) is -0.384. The van der Waals surface area contributed by atoms with Gasteiger partial charge in [0, 0.05) is 31.9 Å². The van der Waals surface area contributed by atoms with Crippen LogP contribution in [0.4, 0.5) is 5.69 Å². The molecule has 0 bridgehead atoms. The molecule has 0 unspecified atom stereocenters. The van der Waals surface area contributed by atoms with E-state index in [0.29, 0.717) is 19.4 Å². The number of rotatable bonds is 4. The fourth-order valence-corrected chi connectivity index (χ4v) is 6.58. The van der Waals surface area contributed by atoms with Crippen LogP contribution in [0.15, 0.2) is 23.1 Å². The van der Waals surface area contributed by atoms with Gasteiger partial charge in [-0.05, 0) is 63.3 Å². The van der Waals surface area contributed by atoms with Crippen LogP contribution in [0.25, 0.3) is 0 Å². The van der Waals surface area contributed by atoms with Crippen molar-refractivity contribution >= 4 is 27.5 Å². The largest absolute Gasteiger partial charge is 0.353 e. The molecule has 1 aliphatic carbocycles. The third-order valence-corrected chi connectivity index (χ3v) is 8.80. The summed E-state index contributed by atoms with van der Waals surface area (Å²) in [5, 5.41) is 3.11. The van der Waals surface area contributed by atoms with Gasteiger partial charge in [-0.15, -0.1) is 0 Å². The van der Waals surface area contributed by atoms with Crippen molar-refractivity contribution in [1.29, 1.82) is 0 Å². The second kappa shape index (κ2) is 7.64. The summed E-state index contributed by atoms with van der Waals surface area (Å²) in [5.41, 5.74) is 0.710. The summed E-state index contributed by atoms with van der Waals surface area (Å²) in [7, 11) is -2.03. The zero-order valence-electron chi connectivity index (χ0n) is 18.0. The number of anilines is 1. The van der Waals surface area contributed by atoms with Crippen molar-refractivity contribution in [1.82, 2.24) is 9.62 Å². The normalized spacial score (nSPS) is 24.8. The van der Waals surface area contributed by atoms with Crippen LogP contribution in [0.1, 0.15) is 57.9 Å². The van der Waals surface area contributed by atoms with E-state index in [4.69, 9.17) is 0 Å². The highest BCUT2D eigenvalue weighted by atomic mass is 32.2. The Morgan fingerprint density at radius 2 is 1.83 bits per heavy atom. The molecule has 1 aromatic carbocycles. The standard InChI is InChI=1S/C22H31N3O4S/c1-22(2)18-13-17(10-11-19(18)24(3)21(22)27)30(28,29)25-12-6-7-15(14-25)20(26)23-16-8-4-5-9-16/h10-11,13,15-16H,4-9,12,14H2,1-3H3,(H,23,26)/t15-/m0/s1. The molecule has 4 rings (SSSR count). The molecule has 2 aliphatic heterocycles. The van der Waals surface area contributed by atoms with Crippen molar-refractivity contribution in [3.05, 3.63) is 23.8 Å². The monoisotopic (exact) mass is 433 g/mol. The first-order chi connectivity index (χ1) is 14.1. The maximum Gasteiger partial charge on any atom is 0.243 e. The number of sulfonamides is 1. The molecule has 1 saturated heterocycles. The lowest BCUT2D eigenvalue weighted by atomic mass is 9.86. The third kappa shape index (κ3) is 3.54. The topological polar surface area (TPSA) is 86.8 Å². The molecule has 2 amide bonds. The van der Waals surface area contributed by atoms with Crippen LogP contribution in [0.3, 0.4) is 0 Å². The number of hydrogen-bond donors (Lipinski definition) is 1. The van der Waals surface area contributed by atoms with Crippen molar-refractivity contribution in [2.45, 2.75) is 68.7 Å². The molecule has 1 atom stereocenters. The predicted octanol–water partition coefficient (Wildman–Crippen LogP) is 2.40. The second-order valence-corrected chi connectivity index (χ2v) is 11.3. The van der Waals surface area contributed by atoms with E-state index in [-0.39, 0.29) is 35.2 Å². The number of hydrogen-bond acceptors (Lipinski definition) is 4. The van der Waals surface area contributed by atoms with Crippen LogP contribution in [-0.4, -0.2) is 50.7 Å². The van der Waals surface area contributed by atoms with E-state index in [2.05, 4.69) is 5.32 Å². The lowest BCUT2D eigenvalue weighted by molar-refractivity contribution is -0.126. The number of benzene rings is 1. The van der Waals surface area contributed by atoms with Crippen molar-refractivity contribution < 1.29 is 18.0 Å². The van der Waals surface area contributed by atoms with Gasteiger partial charge in [-0.25, -0.2) is 8.42 Å². The minimum absolute atomic E-state index is 0.0240. The van der Waals surface area contributed by atoms with Gasteiger partial charge in [-0.3, -0.25) is 9.59 Å². The minimum atomic E-state index is -3.74. The van der Waals surface area contributed by atoms with E-state index in [0.717, 1.165) is 36.9 Å². The molecule has 0 radical (unpaired) electrons. The zero-order valence-corrected chi connectivity index (χ0v) is 18.8. The van der Waals surface area contributed by atoms with Gasteiger partial charge in [0.15, 0.2) is 0 Å². The summed E-state index contributed by atoms with van der Waals surface area (Å²) in [6.45, 7) is 4.26. The first kappa shape index (κ1) is 21.3. The molecule has 1 N–H and O–H groups in total. The fraction of sp³-hybridized carbons (Fsp3) is 0.636. The number of nitrogens with zero attached hydrogens (tertiary/aromatic N) is 2. The number of amides is 2. The highest BCUT2D eigenvalue weighted by Gasteiger charge is 2.43. The first-order valence-electron chi connectivity index (χ1n) is 10.9. The number of piperidine rings is 1. The Kier molecular flexibility index (Phi) is 5.43. The SMILES string of the molecule is CN1C(=O)C(C)(C)c2cc(S(=O)(=O)N3CCC[C@H](C(=O)NC4CCCC4)C3)ccc21. The summed E-state index contributed by atoms with van der Waals surface area (Å²) >= 11 is 0. The van der Waals surface area contributed by atoms with Gasteiger partial charge in [-0.1, -0.05) is 12.8 Å². The number of fused-ring (bicyclic) bond motifs is 1. The summed E-state index contributed by atoms with van der Waals surface area (Å²) in [6, 6.07) is 5.15. The second-order valence-electron chi connectivity index (χ2n) is 9.36. The Morgan fingerprint density at radius 3 is 2.53 bits per heavy atom. The van der Waals surface area contributed by atoms with Crippen LogP contribution in [0, 0.1) is 5.92 Å². The van der Waals surface area contributed by atoms with Gasteiger partial charge in [0.25, 0.3) is 0 Å². The maximum atomic E-state index is 13.4. The number of likely N-dealkylation sites (N-methyl/N-ethyl adjacent to an activating group) is 1. The molecular formula is C22H31N3O4S. The first-order valence-corrected chi connectivity index (χ1v) is 12.3. The minimum Gasteiger partial charge on any atom is -0.353 e. The van der Waals surface area contributed by atoms with Crippen molar-refractivity contribution in [3.8, 4) is 0 Å². The lowest BCUT2D eigenvalue weighted by Gasteiger charge is -2.32. The Bertz CT molecular complexity index is 967. The van der Waals surface area contributed by atoms with Crippen LogP contribution in [0.5, 0.6) is 0 Å². The molecule has 7 nitrogen and oxygen atoms in total. The van der Waals surface area contributed by atoms with Crippen molar-refractivity contribution in [2.24, 2.45) is 5.92 Å². The van der Waals surface area contributed by atoms with Crippen molar-refractivity contribution in [2.75, 3.05) is 25.0 Å². The maximum absolute atomic E-state index is 13.4. The zero-order chi connectivity index (χ0) is 21.7. The predicted molar refractivity (Wildman–Crippen MR) is 115 cm³/mol. The molecule has 164 valence electrons. The van der Waals surface area contributed by atoms with Gasteiger partial charge in [0.1, 0.15) is 0 Å². The van der Waals surface area contributed by atoms with Crippen LogP contribution >= 0.6 is 0 Å². The summed E-state index contributed by atoms with van der Waals surface area (Å²) in [6.07, 6.45) is 5.68. The van der Waals surface area contributed by atoms with E-state index >= 15 is 0 Å². The molecule has 2 fully saturated rings. The van der Waals surface area contributed by atoms with E-state index in [1.54, 1.807) is 30.1 Å². The van der Waals surface area contributed by atoms with E-state index in [1.165, 1.54) is 4.31 Å². The smallest absolute Gasteiger partial charge is 0.243 e. The quantitative estimate of drug-likeness (QED) is 0.790. The molecule has 3 aliphatic rings. The summed E-state index contributed by atoms with van der Waals surface area (Å²) in [4.78, 5) is 27.0. The Balaban J connectivity index is 1.54. The van der Waals surface area contributed by atoms with E-state index in [9.17, 15) is 18.0 Å². The van der Waals surface area contributed by atoms with Gasteiger partial charge in [0.2, 0.25) is 21.8 Å². The van der Waals surface area contributed by atoms with Gasteiger partial charge in [-0.2, -0.15) is 4.31 Å². The van der Waals surface area contributed by atoms with E-state index in [1.807, 2.05) is 13.8 Å². The Hall–Kier alpha value is -1.93. The molecule has 1 saturated carbocycles. The third-order valence-electron chi connectivity index (χ3n) is 6.94. The van der Waals surface area contributed by atoms with Gasteiger partial charge >= 0.3 is 0 Å². The fourth-order valence-electron chi connectivity index (χ4n) is 5.03. The molecule has 30 heavy (non-hydrogen) atoms. The van der Waals surface area contributed by atoms with Crippen LogP contribution in [0.2, 0.25) is 0 Å². The van der Waals surface area contributed by atoms with E-state index < -0.39 is 15.4 Å². The highest BCUT2D eigenvalue weighted by molar-refractivity contribution is 7.89. The van der Waals surface area contributed by atoms with Crippen LogP contribution < -0.4 is 10.2 Å². The highest BCUT2D eigenvalue weighted by Crippen LogP contribution is 2.42. The average Bonchev–Trinajstić information content (AvgIpc) is 3.30. The molecule has 8 heteroatoms. The van der Waals surface area contributed by atoms with Gasteiger partial charge < -0.3 is 10.2 Å². The molecule has 0 spiro atoms. The van der Waals surface area contributed by atoms with Crippen molar-refractivity contribution in [3.63, 3.8) is 0 Å². The molecule has 0 aromatic heterocycles. The Labute approximate surface area is 178 Å². The molecular weight excluding hydrogens is 402 g/mol. The van der Waals surface area contributed by atoms with Gasteiger partial charge in [0.05, 0.1) is 16.2 Å². The number of nitrogens with one attached hydrogen (secondary N) is 1. The van der Waals surface area contributed by atoms with Crippen LogP contribution in [-0.2, 0) is 25.0 Å².